The lowest BCUT2D eigenvalue weighted by Gasteiger charge is -2.26. The summed E-state index contributed by atoms with van der Waals surface area (Å²) in [6.45, 7) is 7.24. The Labute approximate surface area is 136 Å². The van der Waals surface area contributed by atoms with Crippen LogP contribution >= 0.6 is 0 Å². The first kappa shape index (κ1) is 17.3. The molecule has 0 amide bonds. The number of hydrogen-bond acceptors (Lipinski definition) is 5. The van der Waals surface area contributed by atoms with Crippen molar-refractivity contribution in [2.75, 3.05) is 46.1 Å². The zero-order valence-electron chi connectivity index (χ0n) is 13.4. The third-order valence-electron chi connectivity index (χ3n) is 3.45. The molecule has 126 valence electrons. The Morgan fingerprint density at radius 2 is 2.09 bits per heavy atom. The van der Waals surface area contributed by atoms with E-state index >= 15 is 0 Å². The van der Waals surface area contributed by atoms with Crippen molar-refractivity contribution in [1.82, 2.24) is 4.90 Å². The molecule has 0 radical (unpaired) electrons. The molecular weight excluding hydrogens is 298 g/mol. The number of morpholine rings is 1. The van der Waals surface area contributed by atoms with Crippen LogP contribution in [0.2, 0.25) is 0 Å². The van der Waals surface area contributed by atoms with E-state index in [1.807, 2.05) is 19.1 Å². The molecule has 0 unspecified atom stereocenters. The maximum absolute atomic E-state index is 10.6. The third-order valence-corrected chi connectivity index (χ3v) is 3.45. The monoisotopic (exact) mass is 321 g/mol. The van der Waals surface area contributed by atoms with E-state index in [1.165, 1.54) is 6.08 Å². The summed E-state index contributed by atoms with van der Waals surface area (Å²) in [7, 11) is 0. The molecule has 0 atom stereocenters. The maximum Gasteiger partial charge on any atom is 0.328 e. The van der Waals surface area contributed by atoms with Crippen LogP contribution in [0.1, 0.15) is 12.5 Å². The van der Waals surface area contributed by atoms with Gasteiger partial charge in [-0.15, -0.1) is 0 Å². The summed E-state index contributed by atoms with van der Waals surface area (Å²) < 4.78 is 16.7. The summed E-state index contributed by atoms with van der Waals surface area (Å²) in [5, 5.41) is 8.69. The molecule has 0 saturated carbocycles. The third kappa shape index (κ3) is 5.92. The first-order valence-corrected chi connectivity index (χ1v) is 7.80. The summed E-state index contributed by atoms with van der Waals surface area (Å²) in [4.78, 5) is 12.9. The van der Waals surface area contributed by atoms with Crippen molar-refractivity contribution in [2.45, 2.75) is 6.92 Å². The summed E-state index contributed by atoms with van der Waals surface area (Å²) >= 11 is 0. The highest BCUT2D eigenvalue weighted by Crippen LogP contribution is 2.29. The Morgan fingerprint density at radius 1 is 1.30 bits per heavy atom. The minimum atomic E-state index is -0.978. The molecule has 2 rings (SSSR count). The number of hydrogen-bond donors (Lipinski definition) is 1. The molecule has 1 aromatic carbocycles. The minimum Gasteiger partial charge on any atom is -0.490 e. The van der Waals surface area contributed by atoms with Gasteiger partial charge in [0.2, 0.25) is 0 Å². The normalized spacial score (nSPS) is 15.7. The quantitative estimate of drug-likeness (QED) is 0.738. The van der Waals surface area contributed by atoms with Gasteiger partial charge >= 0.3 is 5.97 Å². The number of benzene rings is 1. The topological polar surface area (TPSA) is 68.2 Å². The Kier molecular flexibility index (Phi) is 6.90. The van der Waals surface area contributed by atoms with Crippen LogP contribution in [0.5, 0.6) is 11.5 Å². The van der Waals surface area contributed by atoms with Crippen LogP contribution in [-0.4, -0.2) is 62.0 Å². The van der Waals surface area contributed by atoms with E-state index in [0.29, 0.717) is 24.7 Å². The van der Waals surface area contributed by atoms with Gasteiger partial charge in [0.15, 0.2) is 11.5 Å². The van der Waals surface area contributed by atoms with Crippen molar-refractivity contribution in [3.05, 3.63) is 29.8 Å². The minimum absolute atomic E-state index is 0.520. The zero-order chi connectivity index (χ0) is 16.5. The van der Waals surface area contributed by atoms with Crippen LogP contribution in [0.15, 0.2) is 24.3 Å². The fraction of sp³-hybridized carbons (Fsp3) is 0.471. The molecule has 1 fully saturated rings. The van der Waals surface area contributed by atoms with Crippen molar-refractivity contribution in [3.8, 4) is 11.5 Å². The molecule has 0 aromatic heterocycles. The Hall–Kier alpha value is -2.05. The number of carboxylic acid groups (broad SMARTS) is 1. The molecule has 1 aromatic rings. The van der Waals surface area contributed by atoms with Crippen molar-refractivity contribution < 1.29 is 24.1 Å². The van der Waals surface area contributed by atoms with E-state index in [0.717, 1.165) is 44.5 Å². The van der Waals surface area contributed by atoms with E-state index in [4.69, 9.17) is 19.3 Å². The van der Waals surface area contributed by atoms with Crippen molar-refractivity contribution in [1.29, 1.82) is 0 Å². The van der Waals surface area contributed by atoms with Gasteiger partial charge in [0, 0.05) is 25.7 Å². The number of ether oxygens (including phenoxy) is 3. The molecule has 23 heavy (non-hydrogen) atoms. The average molecular weight is 321 g/mol. The van der Waals surface area contributed by atoms with Crippen LogP contribution in [0.4, 0.5) is 0 Å². The van der Waals surface area contributed by atoms with E-state index in [1.54, 1.807) is 6.07 Å². The van der Waals surface area contributed by atoms with Crippen molar-refractivity contribution >= 4 is 12.0 Å². The lowest BCUT2D eigenvalue weighted by molar-refractivity contribution is -0.131. The standard InChI is InChI=1S/C17H23NO5/c1-2-22-16-13-14(4-6-17(19)20)3-5-15(16)23-12-9-18-7-10-21-11-8-18/h3-6,13H,2,7-12H2,1H3,(H,19,20). The molecule has 0 aliphatic carbocycles. The number of carboxylic acids is 1. The number of aliphatic carboxylic acids is 1. The summed E-state index contributed by atoms with van der Waals surface area (Å²) in [5.41, 5.74) is 0.761. The first-order valence-electron chi connectivity index (χ1n) is 7.80. The van der Waals surface area contributed by atoms with Crippen LogP contribution in [-0.2, 0) is 9.53 Å². The van der Waals surface area contributed by atoms with Gasteiger partial charge in [-0.2, -0.15) is 0 Å². The lowest BCUT2D eigenvalue weighted by atomic mass is 10.2. The van der Waals surface area contributed by atoms with Gasteiger partial charge in [0.05, 0.1) is 19.8 Å². The van der Waals surface area contributed by atoms with Crippen molar-refractivity contribution in [2.24, 2.45) is 0 Å². The smallest absolute Gasteiger partial charge is 0.328 e. The zero-order valence-corrected chi connectivity index (χ0v) is 13.4. The van der Waals surface area contributed by atoms with Gasteiger partial charge in [-0.05, 0) is 30.7 Å². The Morgan fingerprint density at radius 3 is 2.78 bits per heavy atom. The molecule has 1 saturated heterocycles. The highest BCUT2D eigenvalue weighted by molar-refractivity contribution is 5.85. The average Bonchev–Trinajstić information content (AvgIpc) is 2.56. The van der Waals surface area contributed by atoms with Gasteiger partial charge in [-0.1, -0.05) is 6.07 Å². The molecule has 1 aliphatic rings. The number of carbonyl (C=O) groups is 1. The lowest BCUT2D eigenvalue weighted by Crippen LogP contribution is -2.38. The Bertz CT molecular complexity index is 538. The Balaban J connectivity index is 1.94. The molecule has 0 bridgehead atoms. The highest BCUT2D eigenvalue weighted by Gasteiger charge is 2.11. The van der Waals surface area contributed by atoms with Gasteiger partial charge in [0.1, 0.15) is 6.61 Å². The SMILES string of the molecule is CCOc1cc(C=CC(=O)O)ccc1OCCN1CCOCC1. The molecule has 1 N–H and O–H groups in total. The van der Waals surface area contributed by atoms with E-state index in [9.17, 15) is 4.79 Å². The maximum atomic E-state index is 10.6. The largest absolute Gasteiger partial charge is 0.490 e. The summed E-state index contributed by atoms with van der Waals surface area (Å²) in [6.07, 6.45) is 2.63. The summed E-state index contributed by atoms with van der Waals surface area (Å²) in [5.74, 6) is 0.323. The molecule has 6 heteroatoms. The molecular formula is C17H23NO5. The fourth-order valence-corrected chi connectivity index (χ4v) is 2.29. The summed E-state index contributed by atoms with van der Waals surface area (Å²) in [6, 6.07) is 5.41. The van der Waals surface area contributed by atoms with E-state index in [2.05, 4.69) is 4.90 Å². The van der Waals surface area contributed by atoms with Crippen LogP contribution in [0.25, 0.3) is 6.08 Å². The molecule has 6 nitrogen and oxygen atoms in total. The first-order chi connectivity index (χ1) is 11.2. The van der Waals surface area contributed by atoms with Gasteiger partial charge < -0.3 is 19.3 Å². The predicted molar refractivity (Wildman–Crippen MR) is 87.0 cm³/mol. The highest BCUT2D eigenvalue weighted by atomic mass is 16.5. The molecule has 1 heterocycles. The molecule has 1 aliphatic heterocycles. The second-order valence-electron chi connectivity index (χ2n) is 5.11. The van der Waals surface area contributed by atoms with Crippen molar-refractivity contribution in [3.63, 3.8) is 0 Å². The van der Waals surface area contributed by atoms with Gasteiger partial charge in [-0.3, -0.25) is 4.90 Å². The molecule has 0 spiro atoms. The van der Waals surface area contributed by atoms with E-state index < -0.39 is 5.97 Å². The predicted octanol–water partition coefficient (Wildman–Crippen LogP) is 1.89. The van der Waals surface area contributed by atoms with Crippen LogP contribution < -0.4 is 9.47 Å². The van der Waals surface area contributed by atoms with Gasteiger partial charge in [-0.25, -0.2) is 4.79 Å². The number of rotatable bonds is 8. The number of nitrogens with zero attached hydrogens (tertiary/aromatic N) is 1. The van der Waals surface area contributed by atoms with Crippen LogP contribution in [0.3, 0.4) is 0 Å². The second kappa shape index (κ2) is 9.17. The van der Waals surface area contributed by atoms with Crippen LogP contribution in [0, 0.1) is 0 Å². The van der Waals surface area contributed by atoms with E-state index in [-0.39, 0.29) is 0 Å². The van der Waals surface area contributed by atoms with Gasteiger partial charge in [0.25, 0.3) is 0 Å². The fourth-order valence-electron chi connectivity index (χ4n) is 2.29. The second-order valence-corrected chi connectivity index (χ2v) is 5.11.